The van der Waals surface area contributed by atoms with Crippen LogP contribution in [0.15, 0.2) is 23.5 Å². The molecule has 0 aliphatic rings. The normalized spacial score (nSPS) is 12.7. The Hall–Kier alpha value is -1.40. The van der Waals surface area contributed by atoms with E-state index >= 15 is 0 Å². The van der Waals surface area contributed by atoms with E-state index < -0.39 is 11.2 Å². The van der Waals surface area contributed by atoms with E-state index in [4.69, 9.17) is 0 Å². The number of anilines is 1. The lowest BCUT2D eigenvalue weighted by Crippen LogP contribution is -2.04. The highest BCUT2D eigenvalue weighted by Crippen LogP contribution is 2.13. The zero-order valence-electron chi connectivity index (χ0n) is 8.39. The molecule has 1 unspecified atom stereocenters. The molecule has 0 fully saturated rings. The van der Waals surface area contributed by atoms with Gasteiger partial charge in [0.05, 0.1) is 0 Å². The summed E-state index contributed by atoms with van der Waals surface area (Å²) in [6.45, 7) is 0. The SMILES string of the molecule is CNc1ccc2cnc([S+](C)[O-])nc2n1. The molecule has 0 spiro atoms. The maximum atomic E-state index is 11.2. The lowest BCUT2D eigenvalue weighted by Gasteiger charge is -2.03. The molecule has 2 heterocycles. The summed E-state index contributed by atoms with van der Waals surface area (Å²) >= 11 is -1.18. The Morgan fingerprint density at radius 2 is 2.13 bits per heavy atom. The van der Waals surface area contributed by atoms with Gasteiger partial charge in [0.1, 0.15) is 12.1 Å². The van der Waals surface area contributed by atoms with Crippen molar-refractivity contribution in [1.82, 2.24) is 15.0 Å². The van der Waals surface area contributed by atoms with Crippen molar-refractivity contribution in [2.45, 2.75) is 5.16 Å². The predicted molar refractivity (Wildman–Crippen MR) is 59.2 cm³/mol. The van der Waals surface area contributed by atoms with Crippen molar-refractivity contribution in [2.24, 2.45) is 0 Å². The first kappa shape index (κ1) is 10.1. The fourth-order valence-electron chi connectivity index (χ4n) is 1.17. The minimum absolute atomic E-state index is 0.309. The van der Waals surface area contributed by atoms with E-state index in [0.29, 0.717) is 10.8 Å². The van der Waals surface area contributed by atoms with Crippen molar-refractivity contribution in [2.75, 3.05) is 18.6 Å². The molecule has 6 heteroatoms. The summed E-state index contributed by atoms with van der Waals surface area (Å²) in [7, 11) is 1.79. The zero-order valence-corrected chi connectivity index (χ0v) is 9.21. The van der Waals surface area contributed by atoms with Gasteiger partial charge in [0, 0.05) is 29.8 Å². The van der Waals surface area contributed by atoms with Gasteiger partial charge in [0.25, 0.3) is 0 Å². The van der Waals surface area contributed by atoms with E-state index in [0.717, 1.165) is 11.2 Å². The lowest BCUT2D eigenvalue weighted by atomic mass is 10.3. The van der Waals surface area contributed by atoms with Crippen molar-refractivity contribution < 1.29 is 4.55 Å². The Morgan fingerprint density at radius 3 is 2.80 bits per heavy atom. The largest absolute Gasteiger partial charge is 0.609 e. The van der Waals surface area contributed by atoms with Gasteiger partial charge in [0.2, 0.25) is 0 Å². The highest BCUT2D eigenvalue weighted by Gasteiger charge is 2.09. The topological polar surface area (TPSA) is 73.8 Å². The smallest absolute Gasteiger partial charge is 0.344 e. The number of hydrogen-bond donors (Lipinski definition) is 1. The molecule has 15 heavy (non-hydrogen) atoms. The molecule has 1 N–H and O–H groups in total. The molecule has 0 aliphatic heterocycles. The number of hydrogen-bond acceptors (Lipinski definition) is 5. The van der Waals surface area contributed by atoms with Gasteiger partial charge in [-0.2, -0.15) is 9.97 Å². The van der Waals surface area contributed by atoms with Crippen molar-refractivity contribution in [3.63, 3.8) is 0 Å². The standard InChI is InChI=1S/C9H10N4OS/c1-10-7-4-3-6-5-11-9(15(2)14)13-8(6)12-7/h3-5H,1-2H3,(H,10,11,12,13). The minimum atomic E-state index is -1.18. The summed E-state index contributed by atoms with van der Waals surface area (Å²) in [6, 6.07) is 3.71. The van der Waals surface area contributed by atoms with Crippen LogP contribution < -0.4 is 5.32 Å². The van der Waals surface area contributed by atoms with Crippen molar-refractivity contribution in [3.8, 4) is 0 Å². The number of rotatable bonds is 2. The molecular formula is C9H10N4OS. The van der Waals surface area contributed by atoms with Gasteiger partial charge in [-0.05, 0) is 12.1 Å². The fourth-order valence-corrected chi connectivity index (χ4v) is 1.59. The second kappa shape index (κ2) is 4.00. The molecule has 1 atom stereocenters. The Morgan fingerprint density at radius 1 is 1.33 bits per heavy atom. The third kappa shape index (κ3) is 2.00. The van der Waals surface area contributed by atoms with Crippen molar-refractivity contribution >= 4 is 28.0 Å². The van der Waals surface area contributed by atoms with Crippen LogP contribution >= 0.6 is 0 Å². The molecule has 78 valence electrons. The Labute approximate surface area is 90.1 Å². The minimum Gasteiger partial charge on any atom is -0.609 e. The third-order valence-corrected chi connectivity index (χ3v) is 2.65. The highest BCUT2D eigenvalue weighted by molar-refractivity contribution is 7.90. The van der Waals surface area contributed by atoms with Gasteiger partial charge < -0.3 is 9.87 Å². The van der Waals surface area contributed by atoms with E-state index in [1.54, 1.807) is 19.5 Å². The molecule has 2 aromatic rings. The van der Waals surface area contributed by atoms with Gasteiger partial charge in [-0.25, -0.2) is 4.98 Å². The summed E-state index contributed by atoms with van der Waals surface area (Å²) in [5, 5.41) is 4.07. The summed E-state index contributed by atoms with van der Waals surface area (Å²) < 4.78 is 11.2. The molecule has 0 radical (unpaired) electrons. The quantitative estimate of drug-likeness (QED) is 0.601. The van der Waals surface area contributed by atoms with Crippen LogP contribution in [-0.2, 0) is 11.2 Å². The fraction of sp³-hybridized carbons (Fsp3) is 0.222. The van der Waals surface area contributed by atoms with Crippen LogP contribution in [0.2, 0.25) is 0 Å². The molecule has 0 aliphatic carbocycles. The summed E-state index contributed by atoms with van der Waals surface area (Å²) in [6.07, 6.45) is 3.18. The Kier molecular flexibility index (Phi) is 2.70. The molecule has 0 bridgehead atoms. The molecular weight excluding hydrogens is 212 g/mol. The molecule has 2 rings (SSSR count). The summed E-state index contributed by atoms with van der Waals surface area (Å²) in [5.41, 5.74) is 0.557. The average molecular weight is 222 g/mol. The van der Waals surface area contributed by atoms with Crippen LogP contribution in [0.25, 0.3) is 11.0 Å². The first-order chi connectivity index (χ1) is 7.20. The highest BCUT2D eigenvalue weighted by atomic mass is 32.2. The summed E-state index contributed by atoms with van der Waals surface area (Å²) in [5.74, 6) is 0.731. The van der Waals surface area contributed by atoms with E-state index in [-0.39, 0.29) is 0 Å². The van der Waals surface area contributed by atoms with E-state index in [2.05, 4.69) is 20.3 Å². The number of aromatic nitrogens is 3. The monoisotopic (exact) mass is 222 g/mol. The number of pyridine rings is 1. The van der Waals surface area contributed by atoms with Crippen LogP contribution in [0.1, 0.15) is 0 Å². The van der Waals surface area contributed by atoms with Crippen LogP contribution in [0, 0.1) is 0 Å². The molecule has 0 amide bonds. The van der Waals surface area contributed by atoms with E-state index in [1.165, 1.54) is 0 Å². The second-order valence-electron chi connectivity index (χ2n) is 2.97. The molecule has 0 saturated carbocycles. The molecule has 5 nitrogen and oxygen atoms in total. The van der Waals surface area contributed by atoms with Crippen LogP contribution in [0.4, 0.5) is 5.82 Å². The van der Waals surface area contributed by atoms with Gasteiger partial charge in [-0.3, -0.25) is 0 Å². The molecule has 0 saturated heterocycles. The number of fused-ring (bicyclic) bond motifs is 1. The molecule has 2 aromatic heterocycles. The first-order valence-electron chi connectivity index (χ1n) is 4.35. The summed E-state index contributed by atoms with van der Waals surface area (Å²) in [4.78, 5) is 12.4. The van der Waals surface area contributed by atoms with Crippen LogP contribution in [0.5, 0.6) is 0 Å². The maximum Gasteiger partial charge on any atom is 0.344 e. The average Bonchev–Trinajstić information content (AvgIpc) is 2.27. The van der Waals surface area contributed by atoms with Gasteiger partial charge in [0.15, 0.2) is 5.65 Å². The van der Waals surface area contributed by atoms with Gasteiger partial charge in [-0.1, -0.05) is 0 Å². The van der Waals surface area contributed by atoms with Gasteiger partial charge >= 0.3 is 5.16 Å². The zero-order chi connectivity index (χ0) is 10.8. The third-order valence-electron chi connectivity index (χ3n) is 1.93. The first-order valence-corrected chi connectivity index (χ1v) is 5.91. The van der Waals surface area contributed by atoms with E-state index in [1.807, 2.05) is 12.1 Å². The van der Waals surface area contributed by atoms with Crippen LogP contribution in [-0.4, -0.2) is 32.8 Å². The second-order valence-corrected chi connectivity index (χ2v) is 4.24. The maximum absolute atomic E-state index is 11.2. The Bertz CT molecular complexity index is 488. The van der Waals surface area contributed by atoms with Crippen molar-refractivity contribution in [1.29, 1.82) is 0 Å². The van der Waals surface area contributed by atoms with Crippen LogP contribution in [0.3, 0.4) is 0 Å². The number of nitrogens with zero attached hydrogens (tertiary/aromatic N) is 3. The number of nitrogens with one attached hydrogen (secondary N) is 1. The molecule has 0 aromatic carbocycles. The van der Waals surface area contributed by atoms with E-state index in [9.17, 15) is 4.55 Å². The lowest BCUT2D eigenvalue weighted by molar-refractivity contribution is 0.592. The van der Waals surface area contributed by atoms with Gasteiger partial charge in [-0.15, -0.1) is 0 Å². The van der Waals surface area contributed by atoms with Crippen molar-refractivity contribution in [3.05, 3.63) is 18.3 Å². The Balaban J connectivity index is 2.57. The predicted octanol–water partition coefficient (Wildman–Crippen LogP) is 0.804.